The van der Waals surface area contributed by atoms with E-state index in [4.69, 9.17) is 16.3 Å². The molecule has 15 heavy (non-hydrogen) atoms. The van der Waals surface area contributed by atoms with E-state index in [9.17, 15) is 0 Å². The molecular weight excluding hydrogens is 216 g/mol. The summed E-state index contributed by atoms with van der Waals surface area (Å²) in [6.07, 6.45) is 3.11. The third kappa shape index (κ3) is 1.80. The smallest absolute Gasteiger partial charge is 0.213 e. The van der Waals surface area contributed by atoms with Crippen LogP contribution in [0.4, 0.5) is 0 Å². The van der Waals surface area contributed by atoms with Crippen molar-refractivity contribution in [3.8, 4) is 0 Å². The van der Waals surface area contributed by atoms with Gasteiger partial charge in [-0.2, -0.15) is 5.10 Å². The summed E-state index contributed by atoms with van der Waals surface area (Å²) in [5.41, 5.74) is 1.67. The molecule has 1 aromatic heterocycles. The van der Waals surface area contributed by atoms with Crippen molar-refractivity contribution in [1.82, 2.24) is 20.4 Å². The van der Waals surface area contributed by atoms with Crippen LogP contribution in [-0.2, 0) is 18.3 Å². The zero-order valence-corrected chi connectivity index (χ0v) is 9.38. The SMILES string of the molecule is CNCc1nn(C)c(C2NC=CO2)c1Cl. The molecule has 2 N–H and O–H groups in total. The molecule has 2 rings (SSSR count). The Labute approximate surface area is 93.0 Å². The Morgan fingerprint density at radius 2 is 2.53 bits per heavy atom. The molecule has 0 aliphatic carbocycles. The van der Waals surface area contributed by atoms with Gasteiger partial charge < -0.3 is 15.4 Å². The molecule has 6 heteroatoms. The Bertz CT molecular complexity index is 380. The highest BCUT2D eigenvalue weighted by Crippen LogP contribution is 2.28. The fraction of sp³-hybridized carbons (Fsp3) is 0.444. The standard InChI is InChI=1S/C9H13ClN4O/c1-11-5-6-7(10)8(14(2)13-6)9-12-3-4-15-9/h3-4,9,11-12H,5H2,1-2H3. The van der Waals surface area contributed by atoms with Gasteiger partial charge in [-0.3, -0.25) is 4.68 Å². The first-order valence-electron chi connectivity index (χ1n) is 4.66. The number of aryl methyl sites for hydroxylation is 1. The van der Waals surface area contributed by atoms with Crippen molar-refractivity contribution in [2.24, 2.45) is 7.05 Å². The molecule has 0 bridgehead atoms. The Balaban J connectivity index is 2.29. The lowest BCUT2D eigenvalue weighted by atomic mass is 10.3. The number of aromatic nitrogens is 2. The second kappa shape index (κ2) is 4.12. The van der Waals surface area contributed by atoms with Crippen LogP contribution in [0.5, 0.6) is 0 Å². The Morgan fingerprint density at radius 3 is 3.13 bits per heavy atom. The van der Waals surface area contributed by atoms with Crippen LogP contribution < -0.4 is 10.6 Å². The molecule has 0 radical (unpaired) electrons. The summed E-state index contributed by atoms with van der Waals surface area (Å²) in [4.78, 5) is 0. The molecule has 1 atom stereocenters. The number of hydrogen-bond donors (Lipinski definition) is 2. The minimum Gasteiger partial charge on any atom is -0.471 e. The number of ether oxygens (including phenoxy) is 1. The number of nitrogens with zero attached hydrogens (tertiary/aromatic N) is 2. The van der Waals surface area contributed by atoms with E-state index in [0.717, 1.165) is 11.4 Å². The Morgan fingerprint density at radius 1 is 1.73 bits per heavy atom. The highest BCUT2D eigenvalue weighted by Gasteiger charge is 2.24. The summed E-state index contributed by atoms with van der Waals surface area (Å²) in [7, 11) is 3.71. The molecule has 0 fully saturated rings. The third-order valence-corrected chi connectivity index (χ3v) is 2.63. The maximum Gasteiger partial charge on any atom is 0.213 e. The van der Waals surface area contributed by atoms with Crippen molar-refractivity contribution in [3.63, 3.8) is 0 Å². The van der Waals surface area contributed by atoms with Gasteiger partial charge in [-0.05, 0) is 7.05 Å². The fourth-order valence-electron chi connectivity index (χ4n) is 1.56. The highest BCUT2D eigenvalue weighted by atomic mass is 35.5. The largest absolute Gasteiger partial charge is 0.471 e. The van der Waals surface area contributed by atoms with Crippen LogP contribution in [0.3, 0.4) is 0 Å². The van der Waals surface area contributed by atoms with Crippen molar-refractivity contribution in [1.29, 1.82) is 0 Å². The molecule has 0 saturated heterocycles. The summed E-state index contributed by atoms with van der Waals surface area (Å²) >= 11 is 6.22. The van der Waals surface area contributed by atoms with E-state index in [1.165, 1.54) is 0 Å². The first kappa shape index (κ1) is 10.3. The van der Waals surface area contributed by atoms with Gasteiger partial charge in [0.1, 0.15) is 12.0 Å². The van der Waals surface area contributed by atoms with Crippen molar-refractivity contribution in [2.75, 3.05) is 7.05 Å². The topological polar surface area (TPSA) is 51.1 Å². The van der Waals surface area contributed by atoms with Crippen LogP contribution in [0.25, 0.3) is 0 Å². The van der Waals surface area contributed by atoms with Crippen LogP contribution in [0.2, 0.25) is 5.02 Å². The van der Waals surface area contributed by atoms with Gasteiger partial charge in [-0.25, -0.2) is 0 Å². The maximum absolute atomic E-state index is 6.22. The minimum atomic E-state index is -0.236. The number of rotatable bonds is 3. The zero-order chi connectivity index (χ0) is 10.8. The second-order valence-corrected chi connectivity index (χ2v) is 3.66. The van der Waals surface area contributed by atoms with Gasteiger partial charge in [0.25, 0.3) is 0 Å². The predicted molar refractivity (Wildman–Crippen MR) is 57.1 cm³/mol. The van der Waals surface area contributed by atoms with Crippen molar-refractivity contribution in [3.05, 3.63) is 28.9 Å². The molecule has 1 aromatic rings. The van der Waals surface area contributed by atoms with Crippen LogP contribution in [0.15, 0.2) is 12.5 Å². The Hall–Kier alpha value is -1.20. The van der Waals surface area contributed by atoms with Crippen molar-refractivity contribution < 1.29 is 4.74 Å². The summed E-state index contributed by atoms with van der Waals surface area (Å²) in [5, 5.41) is 11.0. The minimum absolute atomic E-state index is 0.236. The molecule has 1 unspecified atom stereocenters. The van der Waals surface area contributed by atoms with E-state index in [2.05, 4.69) is 15.7 Å². The molecule has 1 aliphatic rings. The summed E-state index contributed by atoms with van der Waals surface area (Å²) < 4.78 is 7.07. The van der Waals surface area contributed by atoms with E-state index < -0.39 is 0 Å². The van der Waals surface area contributed by atoms with Crippen LogP contribution in [0.1, 0.15) is 17.6 Å². The van der Waals surface area contributed by atoms with Gasteiger partial charge in [0.05, 0.1) is 10.7 Å². The number of halogens is 1. The van der Waals surface area contributed by atoms with E-state index in [1.807, 2.05) is 14.1 Å². The molecule has 0 amide bonds. The molecule has 82 valence electrons. The van der Waals surface area contributed by atoms with Gasteiger partial charge in [0, 0.05) is 19.8 Å². The number of hydrogen-bond acceptors (Lipinski definition) is 4. The lowest BCUT2D eigenvalue weighted by molar-refractivity contribution is 0.146. The quantitative estimate of drug-likeness (QED) is 0.807. The molecule has 5 nitrogen and oxygen atoms in total. The first-order chi connectivity index (χ1) is 7.24. The van der Waals surface area contributed by atoms with E-state index in [0.29, 0.717) is 11.6 Å². The van der Waals surface area contributed by atoms with Crippen LogP contribution in [0, 0.1) is 0 Å². The molecule has 2 heterocycles. The second-order valence-electron chi connectivity index (χ2n) is 3.29. The molecule has 0 aromatic carbocycles. The third-order valence-electron chi connectivity index (χ3n) is 2.22. The molecule has 0 saturated carbocycles. The number of nitrogens with one attached hydrogen (secondary N) is 2. The van der Waals surface area contributed by atoms with Gasteiger partial charge in [-0.15, -0.1) is 0 Å². The lowest BCUT2D eigenvalue weighted by Crippen LogP contribution is -2.15. The van der Waals surface area contributed by atoms with Crippen LogP contribution >= 0.6 is 11.6 Å². The predicted octanol–water partition coefficient (Wildman–Crippen LogP) is 0.882. The first-order valence-corrected chi connectivity index (χ1v) is 5.04. The van der Waals surface area contributed by atoms with Crippen LogP contribution in [-0.4, -0.2) is 16.8 Å². The monoisotopic (exact) mass is 228 g/mol. The lowest BCUT2D eigenvalue weighted by Gasteiger charge is -2.11. The normalized spacial score (nSPS) is 19.0. The summed E-state index contributed by atoms with van der Waals surface area (Å²) in [6, 6.07) is 0. The summed E-state index contributed by atoms with van der Waals surface area (Å²) in [5.74, 6) is 0. The van der Waals surface area contributed by atoms with E-state index >= 15 is 0 Å². The summed E-state index contributed by atoms with van der Waals surface area (Å²) in [6.45, 7) is 0.646. The highest BCUT2D eigenvalue weighted by molar-refractivity contribution is 6.32. The van der Waals surface area contributed by atoms with Gasteiger partial charge in [0.15, 0.2) is 0 Å². The van der Waals surface area contributed by atoms with Gasteiger partial charge >= 0.3 is 0 Å². The van der Waals surface area contributed by atoms with Crippen molar-refractivity contribution >= 4 is 11.6 Å². The molecule has 0 spiro atoms. The molecular formula is C9H13ClN4O. The fourth-order valence-corrected chi connectivity index (χ4v) is 1.89. The zero-order valence-electron chi connectivity index (χ0n) is 8.62. The average molecular weight is 229 g/mol. The average Bonchev–Trinajstić information content (AvgIpc) is 2.77. The van der Waals surface area contributed by atoms with Gasteiger partial charge in [0.2, 0.25) is 6.23 Å². The van der Waals surface area contributed by atoms with Gasteiger partial charge in [-0.1, -0.05) is 11.6 Å². The van der Waals surface area contributed by atoms with Crippen molar-refractivity contribution in [2.45, 2.75) is 12.8 Å². The molecule has 1 aliphatic heterocycles. The Kier molecular flexibility index (Phi) is 2.83. The van der Waals surface area contributed by atoms with E-state index in [1.54, 1.807) is 17.1 Å². The maximum atomic E-state index is 6.22. The van der Waals surface area contributed by atoms with E-state index in [-0.39, 0.29) is 6.23 Å².